The minimum absolute atomic E-state index is 0.0171. The van der Waals surface area contributed by atoms with Gasteiger partial charge in [-0.05, 0) is 18.4 Å². The average molecular weight is 252 g/mol. The molecule has 1 aliphatic rings. The molecule has 1 fully saturated rings. The Morgan fingerprint density at radius 1 is 1.65 bits per heavy atom. The fourth-order valence-corrected chi connectivity index (χ4v) is 2.71. The maximum atomic E-state index is 12.0. The van der Waals surface area contributed by atoms with Crippen molar-refractivity contribution in [2.45, 2.75) is 19.4 Å². The van der Waals surface area contributed by atoms with E-state index >= 15 is 0 Å². The van der Waals surface area contributed by atoms with Crippen molar-refractivity contribution in [3.63, 3.8) is 0 Å². The van der Waals surface area contributed by atoms with E-state index in [4.69, 9.17) is 0 Å². The molecular formula is C12H16N2O2S. The fraction of sp³-hybridized carbons (Fsp3) is 0.500. The Hall–Kier alpha value is -1.36. The van der Waals surface area contributed by atoms with Gasteiger partial charge in [0.25, 0.3) is 0 Å². The summed E-state index contributed by atoms with van der Waals surface area (Å²) in [7, 11) is 1.73. The van der Waals surface area contributed by atoms with Gasteiger partial charge in [0.2, 0.25) is 11.8 Å². The maximum Gasteiger partial charge on any atom is 0.225 e. The van der Waals surface area contributed by atoms with Gasteiger partial charge in [0.15, 0.2) is 0 Å². The summed E-state index contributed by atoms with van der Waals surface area (Å²) < 4.78 is 0. The molecule has 1 aliphatic heterocycles. The summed E-state index contributed by atoms with van der Waals surface area (Å²) in [5, 5.41) is 4.95. The van der Waals surface area contributed by atoms with Crippen LogP contribution in [0.15, 0.2) is 17.5 Å². The molecule has 92 valence electrons. The van der Waals surface area contributed by atoms with Crippen LogP contribution in [0.1, 0.15) is 24.3 Å². The normalized spacial score (nSPS) is 21.6. The summed E-state index contributed by atoms with van der Waals surface area (Å²) in [5.41, 5.74) is 0. The molecule has 1 N–H and O–H groups in total. The molecule has 5 heteroatoms. The van der Waals surface area contributed by atoms with Crippen LogP contribution >= 0.6 is 11.3 Å². The van der Waals surface area contributed by atoms with Crippen LogP contribution in [0.4, 0.5) is 0 Å². The summed E-state index contributed by atoms with van der Waals surface area (Å²) in [4.78, 5) is 26.1. The van der Waals surface area contributed by atoms with E-state index in [1.54, 1.807) is 23.3 Å². The van der Waals surface area contributed by atoms with Gasteiger partial charge in [0.1, 0.15) is 0 Å². The highest BCUT2D eigenvalue weighted by molar-refractivity contribution is 7.10. The van der Waals surface area contributed by atoms with E-state index in [-0.39, 0.29) is 23.8 Å². The van der Waals surface area contributed by atoms with E-state index in [0.717, 1.165) is 4.88 Å². The van der Waals surface area contributed by atoms with Gasteiger partial charge in [0, 0.05) is 24.9 Å². The van der Waals surface area contributed by atoms with Gasteiger partial charge in [-0.3, -0.25) is 9.59 Å². The standard InChI is InChI=1S/C12H16N2O2S/c1-8(10-4-3-5-17-10)13-12(16)9-6-11(15)14(2)7-9/h3-5,8-9H,6-7H2,1-2H3,(H,13,16)/t8-,9+/m1/s1. The van der Waals surface area contributed by atoms with Gasteiger partial charge in [-0.2, -0.15) is 0 Å². The lowest BCUT2D eigenvalue weighted by Crippen LogP contribution is -2.33. The highest BCUT2D eigenvalue weighted by Crippen LogP contribution is 2.21. The van der Waals surface area contributed by atoms with Crippen molar-refractivity contribution in [1.82, 2.24) is 10.2 Å². The summed E-state index contributed by atoms with van der Waals surface area (Å²) in [5.74, 6) is -0.174. The topological polar surface area (TPSA) is 49.4 Å². The molecule has 2 rings (SSSR count). The molecule has 0 radical (unpaired) electrons. The van der Waals surface area contributed by atoms with Crippen LogP contribution < -0.4 is 5.32 Å². The van der Waals surface area contributed by atoms with Crippen LogP contribution in [-0.4, -0.2) is 30.3 Å². The molecule has 1 aromatic rings. The van der Waals surface area contributed by atoms with Crippen LogP contribution in [0.3, 0.4) is 0 Å². The van der Waals surface area contributed by atoms with Crippen LogP contribution in [0.2, 0.25) is 0 Å². The van der Waals surface area contributed by atoms with Gasteiger partial charge in [-0.25, -0.2) is 0 Å². The van der Waals surface area contributed by atoms with E-state index < -0.39 is 0 Å². The summed E-state index contributed by atoms with van der Waals surface area (Å²) in [6, 6.07) is 3.99. The van der Waals surface area contributed by atoms with Crippen molar-refractivity contribution in [2.24, 2.45) is 5.92 Å². The highest BCUT2D eigenvalue weighted by Gasteiger charge is 2.32. The third kappa shape index (κ3) is 2.66. The van der Waals surface area contributed by atoms with Crippen molar-refractivity contribution in [3.05, 3.63) is 22.4 Å². The number of nitrogens with zero attached hydrogens (tertiary/aromatic N) is 1. The first kappa shape index (κ1) is 12.1. The minimum Gasteiger partial charge on any atom is -0.348 e. The van der Waals surface area contributed by atoms with Crippen molar-refractivity contribution in [3.8, 4) is 0 Å². The number of nitrogens with one attached hydrogen (secondary N) is 1. The van der Waals surface area contributed by atoms with Gasteiger partial charge in [-0.1, -0.05) is 6.07 Å². The lowest BCUT2D eigenvalue weighted by Gasteiger charge is -2.15. The van der Waals surface area contributed by atoms with Crippen LogP contribution in [0.5, 0.6) is 0 Å². The van der Waals surface area contributed by atoms with E-state index in [9.17, 15) is 9.59 Å². The fourth-order valence-electron chi connectivity index (χ4n) is 1.98. The predicted molar refractivity (Wildman–Crippen MR) is 66.6 cm³/mol. The Bertz CT molecular complexity index is 416. The summed E-state index contributed by atoms with van der Waals surface area (Å²) >= 11 is 1.62. The number of hydrogen-bond acceptors (Lipinski definition) is 3. The third-order valence-corrected chi connectivity index (χ3v) is 4.10. The van der Waals surface area contributed by atoms with Gasteiger partial charge in [0.05, 0.1) is 12.0 Å². The number of carbonyl (C=O) groups excluding carboxylic acids is 2. The Labute approximate surface area is 105 Å². The monoisotopic (exact) mass is 252 g/mol. The number of likely N-dealkylation sites (tertiary alicyclic amines) is 1. The zero-order valence-electron chi connectivity index (χ0n) is 9.97. The number of thiophene rings is 1. The zero-order chi connectivity index (χ0) is 12.4. The Morgan fingerprint density at radius 2 is 2.41 bits per heavy atom. The molecule has 1 saturated heterocycles. The molecule has 2 atom stereocenters. The second-order valence-electron chi connectivity index (χ2n) is 4.42. The van der Waals surface area contributed by atoms with E-state index in [2.05, 4.69) is 5.32 Å². The van der Waals surface area contributed by atoms with Crippen molar-refractivity contribution < 1.29 is 9.59 Å². The maximum absolute atomic E-state index is 12.0. The van der Waals surface area contributed by atoms with Gasteiger partial charge < -0.3 is 10.2 Å². The van der Waals surface area contributed by atoms with Crippen LogP contribution in [0.25, 0.3) is 0 Å². The Kier molecular flexibility index (Phi) is 3.47. The minimum atomic E-state index is -0.199. The Balaban J connectivity index is 1.92. The molecule has 0 spiro atoms. The molecule has 2 amide bonds. The zero-order valence-corrected chi connectivity index (χ0v) is 10.8. The van der Waals surface area contributed by atoms with Crippen LogP contribution in [-0.2, 0) is 9.59 Å². The van der Waals surface area contributed by atoms with Crippen molar-refractivity contribution in [1.29, 1.82) is 0 Å². The molecule has 1 aromatic heterocycles. The number of rotatable bonds is 3. The average Bonchev–Trinajstić information content (AvgIpc) is 2.89. The number of hydrogen-bond donors (Lipinski definition) is 1. The summed E-state index contributed by atoms with van der Waals surface area (Å²) in [6.45, 7) is 2.49. The molecule has 0 bridgehead atoms. The highest BCUT2D eigenvalue weighted by atomic mass is 32.1. The Morgan fingerprint density at radius 3 is 2.94 bits per heavy atom. The lowest BCUT2D eigenvalue weighted by molar-refractivity contribution is -0.128. The van der Waals surface area contributed by atoms with Crippen molar-refractivity contribution >= 4 is 23.2 Å². The predicted octanol–water partition coefficient (Wildman–Crippen LogP) is 1.40. The molecule has 0 unspecified atom stereocenters. The molecule has 0 aliphatic carbocycles. The molecule has 2 heterocycles. The van der Waals surface area contributed by atoms with E-state index in [1.807, 2.05) is 24.4 Å². The quantitative estimate of drug-likeness (QED) is 0.884. The SMILES string of the molecule is C[C@@H](NC(=O)[C@H]1CC(=O)N(C)C1)c1cccs1. The molecule has 0 saturated carbocycles. The number of amides is 2. The summed E-state index contributed by atoms with van der Waals surface area (Å²) in [6.07, 6.45) is 0.333. The largest absolute Gasteiger partial charge is 0.348 e. The molecular weight excluding hydrogens is 236 g/mol. The third-order valence-electron chi connectivity index (χ3n) is 3.04. The first-order valence-corrected chi connectivity index (χ1v) is 6.53. The molecule has 17 heavy (non-hydrogen) atoms. The second kappa shape index (κ2) is 4.87. The van der Waals surface area contributed by atoms with Gasteiger partial charge >= 0.3 is 0 Å². The first-order chi connectivity index (χ1) is 8.08. The second-order valence-corrected chi connectivity index (χ2v) is 5.40. The van der Waals surface area contributed by atoms with Crippen LogP contribution in [0, 0.1) is 5.92 Å². The van der Waals surface area contributed by atoms with E-state index in [0.29, 0.717) is 13.0 Å². The number of carbonyl (C=O) groups is 2. The lowest BCUT2D eigenvalue weighted by atomic mass is 10.1. The van der Waals surface area contributed by atoms with E-state index in [1.165, 1.54) is 0 Å². The molecule has 0 aromatic carbocycles. The first-order valence-electron chi connectivity index (χ1n) is 5.65. The molecule has 4 nitrogen and oxygen atoms in total. The van der Waals surface area contributed by atoms with Gasteiger partial charge in [-0.15, -0.1) is 11.3 Å². The van der Waals surface area contributed by atoms with Crippen molar-refractivity contribution in [2.75, 3.05) is 13.6 Å². The smallest absolute Gasteiger partial charge is 0.225 e.